The molecule has 7 heteroatoms. The van der Waals surface area contributed by atoms with Crippen molar-refractivity contribution in [2.45, 2.75) is 57.7 Å². The number of hydrogen-bond acceptors (Lipinski definition) is 6. The van der Waals surface area contributed by atoms with Gasteiger partial charge in [0.25, 0.3) is 0 Å². The number of thioether (sulfide) groups is 1. The Bertz CT molecular complexity index is 1090. The number of amides is 1. The molecule has 0 aliphatic carbocycles. The second kappa shape index (κ2) is 12.5. The minimum Gasteiger partial charge on any atom is -0.356 e. The molecule has 1 saturated heterocycles. The average Bonchev–Trinajstić information content (AvgIpc) is 3.35. The number of nitrogens with one attached hydrogen (secondary N) is 1. The van der Waals surface area contributed by atoms with Crippen molar-refractivity contribution in [2.75, 3.05) is 25.4 Å². The van der Waals surface area contributed by atoms with Crippen LogP contribution in [-0.2, 0) is 22.5 Å². The summed E-state index contributed by atoms with van der Waals surface area (Å²) in [6.07, 6.45) is 2.92. The molecule has 192 valence electrons. The smallest absolute Gasteiger partial charge is 0.241 e. The lowest BCUT2D eigenvalue weighted by molar-refractivity contribution is -0.126. The number of likely N-dealkylation sites (tertiary alicyclic amines) is 1. The van der Waals surface area contributed by atoms with Crippen LogP contribution in [0.25, 0.3) is 11.4 Å². The lowest BCUT2D eigenvalue weighted by Gasteiger charge is -2.30. The van der Waals surface area contributed by atoms with Gasteiger partial charge in [-0.2, -0.15) is 16.7 Å². The molecule has 6 nitrogen and oxygen atoms in total. The zero-order chi connectivity index (χ0) is 25.4. The summed E-state index contributed by atoms with van der Waals surface area (Å²) >= 11 is 1.91. The summed E-state index contributed by atoms with van der Waals surface area (Å²) in [5.41, 5.74) is 3.69. The zero-order valence-corrected chi connectivity index (χ0v) is 22.5. The first-order chi connectivity index (χ1) is 17.4. The summed E-state index contributed by atoms with van der Waals surface area (Å²) in [7, 11) is 0. The van der Waals surface area contributed by atoms with Gasteiger partial charge in [-0.15, -0.1) is 0 Å². The first-order valence-electron chi connectivity index (χ1n) is 12.9. The van der Waals surface area contributed by atoms with Gasteiger partial charge in [0.1, 0.15) is 0 Å². The van der Waals surface area contributed by atoms with Crippen molar-refractivity contribution in [3.8, 4) is 11.4 Å². The van der Waals surface area contributed by atoms with Crippen LogP contribution in [0.4, 0.5) is 0 Å². The Morgan fingerprint density at radius 3 is 2.67 bits per heavy atom. The molecule has 1 atom stereocenters. The molecule has 2 aromatic carbocycles. The van der Waals surface area contributed by atoms with E-state index in [0.29, 0.717) is 18.3 Å². The molecule has 0 saturated carbocycles. The number of benzene rings is 2. The fourth-order valence-electron chi connectivity index (χ4n) is 4.45. The number of carbonyl (C=O) groups is 1. The lowest BCUT2D eigenvalue weighted by Crippen LogP contribution is -2.43. The second-order valence-corrected chi connectivity index (χ2v) is 11.7. The molecule has 1 amide bonds. The van der Waals surface area contributed by atoms with Gasteiger partial charge in [-0.05, 0) is 48.1 Å². The van der Waals surface area contributed by atoms with Gasteiger partial charge >= 0.3 is 0 Å². The highest BCUT2D eigenvalue weighted by atomic mass is 32.2. The van der Waals surface area contributed by atoms with Crippen molar-refractivity contribution >= 4 is 17.7 Å². The van der Waals surface area contributed by atoms with Crippen LogP contribution >= 0.6 is 11.8 Å². The van der Waals surface area contributed by atoms with Crippen LogP contribution in [0.3, 0.4) is 0 Å². The normalized spacial score (nSPS) is 16.7. The highest BCUT2D eigenvalue weighted by Gasteiger charge is 2.26. The maximum Gasteiger partial charge on any atom is 0.241 e. The standard InChI is InChI=1S/C29H38N4O2S/c1-29(2,3)25-14-12-23(13-15-25)27-31-26(35-32-27)20-33-17-7-11-24(19-33)28(34)30-16-8-18-36-21-22-9-5-4-6-10-22/h4-6,9-10,12-15,24H,7-8,11,16-21H2,1-3H3,(H,30,34). The van der Waals surface area contributed by atoms with Crippen LogP contribution < -0.4 is 5.32 Å². The van der Waals surface area contributed by atoms with E-state index >= 15 is 0 Å². The van der Waals surface area contributed by atoms with Crippen LogP contribution in [0.15, 0.2) is 59.1 Å². The van der Waals surface area contributed by atoms with Crippen LogP contribution in [0.2, 0.25) is 0 Å². The Balaban J connectivity index is 1.19. The number of rotatable bonds is 10. The summed E-state index contributed by atoms with van der Waals surface area (Å²) in [4.78, 5) is 19.6. The third-order valence-corrected chi connectivity index (χ3v) is 7.70. The Hall–Kier alpha value is -2.64. The van der Waals surface area contributed by atoms with Crippen LogP contribution in [0.1, 0.15) is 57.1 Å². The largest absolute Gasteiger partial charge is 0.356 e. The number of piperidine rings is 1. The maximum atomic E-state index is 12.7. The minimum atomic E-state index is 0.0167. The summed E-state index contributed by atoms with van der Waals surface area (Å²) in [5.74, 6) is 3.46. The predicted octanol–water partition coefficient (Wildman–Crippen LogP) is 5.69. The third kappa shape index (κ3) is 7.68. The van der Waals surface area contributed by atoms with Gasteiger partial charge in [-0.3, -0.25) is 9.69 Å². The molecule has 0 radical (unpaired) electrons. The predicted molar refractivity (Wildman–Crippen MR) is 147 cm³/mol. The fraction of sp³-hybridized carbons (Fsp3) is 0.483. The number of aromatic nitrogens is 2. The first kappa shape index (κ1) is 26.4. The molecule has 1 aliphatic rings. The highest BCUT2D eigenvalue weighted by molar-refractivity contribution is 7.98. The Morgan fingerprint density at radius 1 is 1.14 bits per heavy atom. The van der Waals surface area contributed by atoms with E-state index in [4.69, 9.17) is 4.52 Å². The third-order valence-electron chi connectivity index (χ3n) is 6.59. The molecular formula is C29H38N4O2S. The van der Waals surface area contributed by atoms with Crippen molar-refractivity contribution in [3.63, 3.8) is 0 Å². The van der Waals surface area contributed by atoms with Crippen LogP contribution in [-0.4, -0.2) is 46.3 Å². The highest BCUT2D eigenvalue weighted by Crippen LogP contribution is 2.25. The fourth-order valence-corrected chi connectivity index (χ4v) is 5.38. The summed E-state index contributed by atoms with van der Waals surface area (Å²) in [5, 5.41) is 7.33. The van der Waals surface area contributed by atoms with Gasteiger partial charge in [0.15, 0.2) is 0 Å². The van der Waals surface area contributed by atoms with Gasteiger partial charge in [0.05, 0.1) is 12.5 Å². The Kier molecular flexibility index (Phi) is 9.21. The SMILES string of the molecule is CC(C)(C)c1ccc(-c2noc(CN3CCCC(C(=O)NCCCSCc4ccccc4)C3)n2)cc1. The van der Waals surface area contributed by atoms with Gasteiger partial charge in [-0.1, -0.05) is 80.5 Å². The second-order valence-electron chi connectivity index (χ2n) is 10.6. The molecule has 0 spiro atoms. The molecule has 0 bridgehead atoms. The van der Waals surface area contributed by atoms with E-state index in [9.17, 15) is 4.79 Å². The molecule has 3 aromatic rings. The molecule has 4 rings (SSSR count). The van der Waals surface area contributed by atoms with E-state index in [1.54, 1.807) is 0 Å². The zero-order valence-electron chi connectivity index (χ0n) is 21.7. The van der Waals surface area contributed by atoms with Crippen molar-refractivity contribution < 1.29 is 9.32 Å². The van der Waals surface area contributed by atoms with Crippen LogP contribution in [0, 0.1) is 5.92 Å². The molecule has 36 heavy (non-hydrogen) atoms. The van der Waals surface area contributed by atoms with Crippen molar-refractivity contribution in [3.05, 3.63) is 71.6 Å². The van der Waals surface area contributed by atoms with Gasteiger partial charge in [0, 0.05) is 24.4 Å². The number of hydrogen-bond donors (Lipinski definition) is 1. The van der Waals surface area contributed by atoms with Gasteiger partial charge in [-0.25, -0.2) is 0 Å². The molecular weight excluding hydrogens is 468 g/mol. The van der Waals surface area contributed by atoms with Gasteiger partial charge < -0.3 is 9.84 Å². The molecule has 1 N–H and O–H groups in total. The van der Waals surface area contributed by atoms with E-state index in [1.807, 2.05) is 17.8 Å². The summed E-state index contributed by atoms with van der Waals surface area (Å²) < 4.78 is 5.54. The van der Waals surface area contributed by atoms with E-state index in [1.165, 1.54) is 11.1 Å². The topological polar surface area (TPSA) is 71.3 Å². The maximum absolute atomic E-state index is 12.7. The van der Waals surface area contributed by atoms with Crippen molar-refractivity contribution in [1.29, 1.82) is 0 Å². The lowest BCUT2D eigenvalue weighted by atomic mass is 9.87. The molecule has 2 heterocycles. The number of carbonyl (C=O) groups excluding carboxylic acids is 1. The summed E-state index contributed by atoms with van der Waals surface area (Å²) in [6.45, 7) is 9.59. The molecule has 1 aromatic heterocycles. The monoisotopic (exact) mass is 506 g/mol. The molecule has 1 fully saturated rings. The van der Waals surface area contributed by atoms with E-state index in [0.717, 1.165) is 56.0 Å². The van der Waals surface area contributed by atoms with Crippen molar-refractivity contribution in [2.24, 2.45) is 5.92 Å². The van der Waals surface area contributed by atoms with E-state index in [2.05, 4.69) is 89.7 Å². The molecule has 1 aliphatic heterocycles. The van der Waals surface area contributed by atoms with E-state index < -0.39 is 0 Å². The average molecular weight is 507 g/mol. The Morgan fingerprint density at radius 2 is 1.92 bits per heavy atom. The summed E-state index contributed by atoms with van der Waals surface area (Å²) in [6, 6.07) is 18.9. The minimum absolute atomic E-state index is 0.0167. The van der Waals surface area contributed by atoms with Gasteiger partial charge in [0.2, 0.25) is 17.6 Å². The quantitative estimate of drug-likeness (QED) is 0.357. The molecule has 1 unspecified atom stereocenters. The van der Waals surface area contributed by atoms with Crippen LogP contribution in [0.5, 0.6) is 0 Å². The first-order valence-corrected chi connectivity index (χ1v) is 14.1. The Labute approximate surface area is 219 Å². The van der Waals surface area contributed by atoms with Crippen molar-refractivity contribution in [1.82, 2.24) is 20.4 Å². The number of nitrogens with zero attached hydrogens (tertiary/aromatic N) is 3. The van der Waals surface area contributed by atoms with E-state index in [-0.39, 0.29) is 17.2 Å².